The van der Waals surface area contributed by atoms with Gasteiger partial charge in [-0.2, -0.15) is 0 Å². The van der Waals surface area contributed by atoms with E-state index in [-0.39, 0.29) is 18.8 Å². The van der Waals surface area contributed by atoms with Crippen LogP contribution in [0.4, 0.5) is 4.39 Å². The SMILES string of the molecule is Cc1ccc(OCc2c(F)cccc2Cl)c(CO)n1. The van der Waals surface area contributed by atoms with Crippen molar-refractivity contribution in [1.29, 1.82) is 0 Å². The molecule has 0 atom stereocenters. The van der Waals surface area contributed by atoms with E-state index in [4.69, 9.17) is 16.3 Å². The average molecular weight is 282 g/mol. The maximum Gasteiger partial charge on any atom is 0.143 e. The van der Waals surface area contributed by atoms with Crippen LogP contribution in [0.5, 0.6) is 5.75 Å². The Bertz CT molecular complexity index is 569. The molecule has 2 rings (SSSR count). The van der Waals surface area contributed by atoms with E-state index in [9.17, 15) is 9.50 Å². The number of rotatable bonds is 4. The lowest BCUT2D eigenvalue weighted by atomic mass is 10.2. The summed E-state index contributed by atoms with van der Waals surface area (Å²) in [5, 5.41) is 9.52. The van der Waals surface area contributed by atoms with E-state index >= 15 is 0 Å². The molecule has 0 fully saturated rings. The highest BCUT2D eigenvalue weighted by Gasteiger charge is 2.10. The van der Waals surface area contributed by atoms with Gasteiger partial charge < -0.3 is 9.84 Å². The summed E-state index contributed by atoms with van der Waals surface area (Å²) in [7, 11) is 0. The Morgan fingerprint density at radius 3 is 2.79 bits per heavy atom. The Labute approximate surface area is 115 Å². The van der Waals surface area contributed by atoms with Crippen molar-refractivity contribution in [2.24, 2.45) is 0 Å². The molecule has 0 spiro atoms. The van der Waals surface area contributed by atoms with Gasteiger partial charge in [0.2, 0.25) is 0 Å². The minimum absolute atomic E-state index is 0.0107. The van der Waals surface area contributed by atoms with Crippen LogP contribution < -0.4 is 4.74 Å². The van der Waals surface area contributed by atoms with Gasteiger partial charge in [-0.3, -0.25) is 4.98 Å². The molecule has 0 aliphatic carbocycles. The summed E-state index contributed by atoms with van der Waals surface area (Å²) < 4.78 is 19.1. The van der Waals surface area contributed by atoms with E-state index in [1.807, 2.05) is 6.92 Å². The highest BCUT2D eigenvalue weighted by Crippen LogP contribution is 2.23. The first-order chi connectivity index (χ1) is 9.11. The lowest BCUT2D eigenvalue weighted by Gasteiger charge is -2.11. The number of aliphatic hydroxyl groups excluding tert-OH is 1. The van der Waals surface area contributed by atoms with E-state index in [1.54, 1.807) is 18.2 Å². The molecule has 1 aromatic carbocycles. The van der Waals surface area contributed by atoms with Crippen LogP contribution in [0.2, 0.25) is 5.02 Å². The molecular weight excluding hydrogens is 269 g/mol. The minimum atomic E-state index is -0.418. The van der Waals surface area contributed by atoms with Crippen LogP contribution >= 0.6 is 11.6 Å². The van der Waals surface area contributed by atoms with Gasteiger partial charge in [0.05, 0.1) is 11.6 Å². The van der Waals surface area contributed by atoms with E-state index in [1.165, 1.54) is 12.1 Å². The largest absolute Gasteiger partial charge is 0.487 e. The van der Waals surface area contributed by atoms with E-state index < -0.39 is 5.82 Å². The highest BCUT2D eigenvalue weighted by atomic mass is 35.5. The molecule has 0 amide bonds. The fourth-order valence-electron chi connectivity index (χ4n) is 1.66. The third-order valence-electron chi connectivity index (χ3n) is 2.66. The smallest absolute Gasteiger partial charge is 0.143 e. The van der Waals surface area contributed by atoms with Gasteiger partial charge in [-0.25, -0.2) is 4.39 Å². The van der Waals surface area contributed by atoms with Crippen LogP contribution in [0.3, 0.4) is 0 Å². The molecule has 5 heteroatoms. The molecule has 1 N–H and O–H groups in total. The number of benzene rings is 1. The molecule has 100 valence electrons. The van der Waals surface area contributed by atoms with Crippen molar-refractivity contribution >= 4 is 11.6 Å². The van der Waals surface area contributed by atoms with Crippen molar-refractivity contribution in [3.05, 3.63) is 58.1 Å². The lowest BCUT2D eigenvalue weighted by Crippen LogP contribution is -2.03. The fraction of sp³-hybridized carbons (Fsp3) is 0.214. The predicted molar refractivity (Wildman–Crippen MR) is 70.6 cm³/mol. The number of hydrogen-bond donors (Lipinski definition) is 1. The van der Waals surface area contributed by atoms with Crippen molar-refractivity contribution in [3.63, 3.8) is 0 Å². The van der Waals surface area contributed by atoms with Crippen molar-refractivity contribution in [2.45, 2.75) is 20.1 Å². The van der Waals surface area contributed by atoms with Crippen molar-refractivity contribution < 1.29 is 14.2 Å². The standard InChI is InChI=1S/C14H13ClFNO2/c1-9-5-6-14(13(7-18)17-9)19-8-10-11(15)3-2-4-12(10)16/h2-6,18H,7-8H2,1H3. The first kappa shape index (κ1) is 13.8. The highest BCUT2D eigenvalue weighted by molar-refractivity contribution is 6.31. The number of halogens is 2. The molecule has 0 aliphatic heterocycles. The zero-order valence-electron chi connectivity index (χ0n) is 10.4. The molecule has 0 radical (unpaired) electrons. The minimum Gasteiger partial charge on any atom is -0.487 e. The number of hydrogen-bond acceptors (Lipinski definition) is 3. The molecule has 19 heavy (non-hydrogen) atoms. The lowest BCUT2D eigenvalue weighted by molar-refractivity contribution is 0.251. The van der Waals surface area contributed by atoms with Gasteiger partial charge in [0.25, 0.3) is 0 Å². The van der Waals surface area contributed by atoms with Crippen molar-refractivity contribution in [3.8, 4) is 5.75 Å². The molecule has 1 aromatic heterocycles. The van der Waals surface area contributed by atoms with Crippen LogP contribution in [-0.2, 0) is 13.2 Å². The number of aliphatic hydroxyl groups is 1. The first-order valence-corrected chi connectivity index (χ1v) is 6.12. The molecule has 3 nitrogen and oxygen atoms in total. The molecule has 2 aromatic rings. The van der Waals surface area contributed by atoms with Crippen LogP contribution in [0.1, 0.15) is 17.0 Å². The van der Waals surface area contributed by atoms with Gasteiger partial charge >= 0.3 is 0 Å². The van der Waals surface area contributed by atoms with Gasteiger partial charge in [0, 0.05) is 11.3 Å². The van der Waals surface area contributed by atoms with Crippen LogP contribution in [0.15, 0.2) is 30.3 Å². The number of aromatic nitrogens is 1. The fourth-order valence-corrected chi connectivity index (χ4v) is 1.88. The number of aryl methyl sites for hydroxylation is 1. The Hall–Kier alpha value is -1.65. The van der Waals surface area contributed by atoms with Crippen molar-refractivity contribution in [2.75, 3.05) is 0 Å². The summed E-state index contributed by atoms with van der Waals surface area (Å²) >= 11 is 5.91. The predicted octanol–water partition coefficient (Wildman–Crippen LogP) is 3.25. The molecule has 0 unspecified atom stereocenters. The zero-order valence-corrected chi connectivity index (χ0v) is 11.1. The van der Waals surface area contributed by atoms with E-state index in [2.05, 4.69) is 4.98 Å². The third kappa shape index (κ3) is 3.22. The summed E-state index contributed by atoms with van der Waals surface area (Å²) in [4.78, 5) is 4.15. The van der Waals surface area contributed by atoms with Gasteiger partial charge in [-0.15, -0.1) is 0 Å². The maximum absolute atomic E-state index is 13.6. The van der Waals surface area contributed by atoms with Gasteiger partial charge in [0.1, 0.15) is 23.9 Å². The maximum atomic E-state index is 13.6. The van der Waals surface area contributed by atoms with Gasteiger partial charge in [-0.1, -0.05) is 17.7 Å². The molecule has 1 heterocycles. The summed E-state index contributed by atoms with van der Waals surface area (Å²) in [5.41, 5.74) is 1.49. The number of pyridine rings is 1. The Morgan fingerprint density at radius 1 is 1.32 bits per heavy atom. The second-order valence-corrected chi connectivity index (χ2v) is 4.45. The second kappa shape index (κ2) is 5.99. The molecule has 0 bridgehead atoms. The molecular formula is C14H13ClFNO2. The molecule has 0 saturated carbocycles. The normalized spacial score (nSPS) is 10.5. The number of nitrogens with zero attached hydrogens (tertiary/aromatic N) is 1. The molecule has 0 aliphatic rings. The summed E-state index contributed by atoms with van der Waals surface area (Å²) in [6.07, 6.45) is 0. The van der Waals surface area contributed by atoms with Gasteiger partial charge in [-0.05, 0) is 31.2 Å². The number of ether oxygens (including phenoxy) is 1. The summed E-state index contributed by atoms with van der Waals surface area (Å²) in [6, 6.07) is 7.92. The zero-order chi connectivity index (χ0) is 13.8. The van der Waals surface area contributed by atoms with E-state index in [0.29, 0.717) is 16.5 Å². The van der Waals surface area contributed by atoms with Crippen LogP contribution in [-0.4, -0.2) is 10.1 Å². The van der Waals surface area contributed by atoms with E-state index in [0.717, 1.165) is 5.69 Å². The second-order valence-electron chi connectivity index (χ2n) is 4.04. The monoisotopic (exact) mass is 281 g/mol. The summed E-state index contributed by atoms with van der Waals surface area (Å²) in [6.45, 7) is 1.57. The van der Waals surface area contributed by atoms with Crippen LogP contribution in [0.25, 0.3) is 0 Å². The Morgan fingerprint density at radius 2 is 2.11 bits per heavy atom. The van der Waals surface area contributed by atoms with Crippen molar-refractivity contribution in [1.82, 2.24) is 4.98 Å². The Kier molecular flexibility index (Phi) is 4.35. The Balaban J connectivity index is 2.19. The molecule has 0 saturated heterocycles. The summed E-state index contributed by atoms with van der Waals surface area (Å²) in [5.74, 6) is 0.00513. The average Bonchev–Trinajstić information content (AvgIpc) is 2.39. The first-order valence-electron chi connectivity index (χ1n) is 5.75. The quantitative estimate of drug-likeness (QED) is 0.935. The van der Waals surface area contributed by atoms with Crippen LogP contribution in [0, 0.1) is 12.7 Å². The topological polar surface area (TPSA) is 42.4 Å². The van der Waals surface area contributed by atoms with Gasteiger partial charge in [0.15, 0.2) is 0 Å². The third-order valence-corrected chi connectivity index (χ3v) is 3.01.